The lowest BCUT2D eigenvalue weighted by atomic mass is 9.97. The second-order valence-electron chi connectivity index (χ2n) is 6.79. The van der Waals surface area contributed by atoms with Gasteiger partial charge in [-0.25, -0.2) is 0 Å². The summed E-state index contributed by atoms with van der Waals surface area (Å²) in [6, 6.07) is 0. The molecule has 1 aliphatic heterocycles. The van der Waals surface area contributed by atoms with Gasteiger partial charge in [0.1, 0.15) is 6.10 Å². The number of aromatic amines is 1. The zero-order valence-corrected chi connectivity index (χ0v) is 13.9. The number of rotatable bonds is 4. The maximum Gasteiger partial charge on any atom is 0.251 e. The van der Waals surface area contributed by atoms with Gasteiger partial charge < -0.3 is 9.64 Å². The molecule has 1 N–H and O–H groups in total. The summed E-state index contributed by atoms with van der Waals surface area (Å²) < 4.78 is 6.07. The third-order valence-electron chi connectivity index (χ3n) is 5.01. The van der Waals surface area contributed by atoms with Crippen molar-refractivity contribution in [2.45, 2.75) is 76.4 Å². The molecular weight excluding hydrogens is 294 g/mol. The quantitative estimate of drug-likeness (QED) is 0.858. The molecule has 1 aromatic rings. The maximum absolute atomic E-state index is 12.7. The van der Waals surface area contributed by atoms with Crippen LogP contribution >= 0.6 is 0 Å². The first-order valence-electron chi connectivity index (χ1n) is 8.91. The zero-order valence-electron chi connectivity index (χ0n) is 13.9. The number of hydrogen-bond donors (Lipinski definition) is 1. The number of carbonyl (C=O) groups is 1. The van der Waals surface area contributed by atoms with E-state index in [2.05, 4.69) is 20.6 Å². The highest BCUT2D eigenvalue weighted by Crippen LogP contribution is 2.25. The minimum Gasteiger partial charge on any atom is -0.365 e. The summed E-state index contributed by atoms with van der Waals surface area (Å²) in [5.74, 6) is 0.985. The fourth-order valence-corrected chi connectivity index (χ4v) is 3.71. The molecule has 1 aliphatic carbocycles. The van der Waals surface area contributed by atoms with E-state index in [1.165, 1.54) is 25.7 Å². The van der Waals surface area contributed by atoms with Gasteiger partial charge in [-0.05, 0) is 32.6 Å². The molecule has 3 rings (SSSR count). The van der Waals surface area contributed by atoms with E-state index in [4.69, 9.17) is 4.74 Å². The molecule has 1 saturated heterocycles. The van der Waals surface area contributed by atoms with Crippen LogP contribution < -0.4 is 0 Å². The summed E-state index contributed by atoms with van der Waals surface area (Å²) in [5, 5.41) is 14.3. The summed E-state index contributed by atoms with van der Waals surface area (Å²) in [6.45, 7) is 3.35. The molecule has 2 atom stereocenters. The van der Waals surface area contributed by atoms with Crippen LogP contribution in [0.3, 0.4) is 0 Å². The van der Waals surface area contributed by atoms with Crippen LogP contribution in [0.5, 0.6) is 0 Å². The molecule has 1 aromatic heterocycles. The molecule has 1 amide bonds. The van der Waals surface area contributed by atoms with Crippen LogP contribution in [0.1, 0.15) is 70.0 Å². The van der Waals surface area contributed by atoms with E-state index in [0.717, 1.165) is 32.2 Å². The fourth-order valence-electron chi connectivity index (χ4n) is 3.71. The van der Waals surface area contributed by atoms with Gasteiger partial charge in [-0.3, -0.25) is 4.79 Å². The van der Waals surface area contributed by atoms with Crippen LogP contribution in [-0.4, -0.2) is 56.7 Å². The minimum atomic E-state index is -0.359. The highest BCUT2D eigenvalue weighted by atomic mass is 16.5. The predicted molar refractivity (Wildman–Crippen MR) is 84.8 cm³/mol. The number of nitrogens with one attached hydrogen (secondary N) is 1. The van der Waals surface area contributed by atoms with Crippen LogP contribution in [0.4, 0.5) is 0 Å². The maximum atomic E-state index is 12.7. The molecule has 2 heterocycles. The highest BCUT2D eigenvalue weighted by molar-refractivity contribution is 5.80. The molecule has 23 heavy (non-hydrogen) atoms. The number of hydrogen-bond acceptors (Lipinski definition) is 5. The van der Waals surface area contributed by atoms with Crippen LogP contribution in [-0.2, 0) is 9.53 Å². The Morgan fingerprint density at radius 1 is 1.22 bits per heavy atom. The third kappa shape index (κ3) is 4.28. The monoisotopic (exact) mass is 321 g/mol. The SMILES string of the molecule is C[C@@H](OC1CCCCCC1)C(=O)N1CCC[C@H](c2nn[nH]n2)C1. The van der Waals surface area contributed by atoms with Crippen molar-refractivity contribution >= 4 is 5.91 Å². The van der Waals surface area contributed by atoms with Crippen LogP contribution in [0, 0.1) is 0 Å². The molecule has 0 aromatic carbocycles. The number of amides is 1. The summed E-state index contributed by atoms with van der Waals surface area (Å²) in [6.07, 6.45) is 9.05. The molecule has 2 aliphatic rings. The number of piperidine rings is 1. The average Bonchev–Trinajstić information content (AvgIpc) is 3.00. The summed E-state index contributed by atoms with van der Waals surface area (Å²) >= 11 is 0. The van der Waals surface area contributed by atoms with Gasteiger partial charge in [-0.1, -0.05) is 30.9 Å². The van der Waals surface area contributed by atoms with Crippen LogP contribution in [0.15, 0.2) is 0 Å². The first kappa shape index (κ1) is 16.4. The van der Waals surface area contributed by atoms with Gasteiger partial charge in [-0.15, -0.1) is 10.2 Å². The molecular formula is C16H27N5O2. The standard InChI is InChI=1S/C16H27N5O2/c1-12(23-14-8-4-2-3-5-9-14)16(22)21-10-6-7-13(11-21)15-17-19-20-18-15/h12-14H,2-11H2,1H3,(H,17,18,19,20)/t12-,13+/m1/s1. The molecule has 0 radical (unpaired) electrons. The Kier molecular flexibility index (Phi) is 5.59. The van der Waals surface area contributed by atoms with E-state index in [1.54, 1.807) is 0 Å². The van der Waals surface area contributed by atoms with Gasteiger partial charge >= 0.3 is 0 Å². The first-order chi connectivity index (χ1) is 11.2. The van der Waals surface area contributed by atoms with Crippen molar-refractivity contribution in [1.29, 1.82) is 0 Å². The first-order valence-corrected chi connectivity index (χ1v) is 8.91. The van der Waals surface area contributed by atoms with Gasteiger partial charge in [0, 0.05) is 19.0 Å². The summed E-state index contributed by atoms with van der Waals surface area (Å²) in [5.41, 5.74) is 0. The molecule has 0 unspecified atom stereocenters. The van der Waals surface area contributed by atoms with Gasteiger partial charge in [0.25, 0.3) is 5.91 Å². The van der Waals surface area contributed by atoms with E-state index in [1.807, 2.05) is 11.8 Å². The fraction of sp³-hybridized carbons (Fsp3) is 0.875. The Hall–Kier alpha value is -1.50. The average molecular weight is 321 g/mol. The van der Waals surface area contributed by atoms with Crippen LogP contribution in [0.2, 0.25) is 0 Å². The minimum absolute atomic E-state index is 0.0995. The highest BCUT2D eigenvalue weighted by Gasteiger charge is 2.30. The van der Waals surface area contributed by atoms with Crippen LogP contribution in [0.25, 0.3) is 0 Å². The van der Waals surface area contributed by atoms with E-state index >= 15 is 0 Å². The normalized spacial score (nSPS) is 25.1. The third-order valence-corrected chi connectivity index (χ3v) is 5.01. The molecule has 128 valence electrons. The topological polar surface area (TPSA) is 84.0 Å². The van der Waals surface area contributed by atoms with Crippen molar-refractivity contribution < 1.29 is 9.53 Å². The zero-order chi connectivity index (χ0) is 16.1. The molecule has 0 spiro atoms. The van der Waals surface area contributed by atoms with Crippen molar-refractivity contribution in [1.82, 2.24) is 25.5 Å². The number of ether oxygens (including phenoxy) is 1. The van der Waals surface area contributed by atoms with E-state index in [0.29, 0.717) is 12.4 Å². The second kappa shape index (κ2) is 7.86. The molecule has 7 heteroatoms. The van der Waals surface area contributed by atoms with Gasteiger partial charge in [0.05, 0.1) is 6.10 Å². The van der Waals surface area contributed by atoms with Gasteiger partial charge in [-0.2, -0.15) is 5.21 Å². The smallest absolute Gasteiger partial charge is 0.251 e. The number of aromatic nitrogens is 4. The van der Waals surface area contributed by atoms with Gasteiger partial charge in [0.15, 0.2) is 5.82 Å². The summed E-state index contributed by atoms with van der Waals surface area (Å²) in [4.78, 5) is 14.6. The largest absolute Gasteiger partial charge is 0.365 e. The molecule has 1 saturated carbocycles. The van der Waals surface area contributed by atoms with Crippen molar-refractivity contribution in [3.8, 4) is 0 Å². The van der Waals surface area contributed by atoms with Crippen molar-refractivity contribution in [2.75, 3.05) is 13.1 Å². The number of tetrazole rings is 1. The molecule has 7 nitrogen and oxygen atoms in total. The predicted octanol–water partition coefficient (Wildman–Crippen LogP) is 2.03. The van der Waals surface area contributed by atoms with Crippen molar-refractivity contribution in [3.63, 3.8) is 0 Å². The number of H-pyrrole nitrogens is 1. The lowest BCUT2D eigenvalue weighted by Gasteiger charge is -2.33. The number of nitrogens with zero attached hydrogens (tertiary/aromatic N) is 4. The van der Waals surface area contributed by atoms with Gasteiger partial charge in [0.2, 0.25) is 0 Å². The van der Waals surface area contributed by atoms with E-state index in [-0.39, 0.29) is 24.0 Å². The Morgan fingerprint density at radius 2 is 2.00 bits per heavy atom. The Balaban J connectivity index is 1.53. The molecule has 2 fully saturated rings. The second-order valence-corrected chi connectivity index (χ2v) is 6.79. The lowest BCUT2D eigenvalue weighted by Crippen LogP contribution is -2.45. The van der Waals surface area contributed by atoms with E-state index in [9.17, 15) is 4.79 Å². The molecule has 0 bridgehead atoms. The lowest BCUT2D eigenvalue weighted by molar-refractivity contribution is -0.148. The van der Waals surface area contributed by atoms with E-state index < -0.39 is 0 Å². The summed E-state index contributed by atoms with van der Waals surface area (Å²) in [7, 11) is 0. The number of carbonyl (C=O) groups excluding carboxylic acids is 1. The number of likely N-dealkylation sites (tertiary alicyclic amines) is 1. The Bertz CT molecular complexity index is 485. The van der Waals surface area contributed by atoms with Crippen molar-refractivity contribution in [3.05, 3.63) is 5.82 Å². The Morgan fingerprint density at radius 3 is 2.70 bits per heavy atom. The van der Waals surface area contributed by atoms with Crippen molar-refractivity contribution in [2.24, 2.45) is 0 Å². The Labute approximate surface area is 137 Å².